The standard InChI is InChI=1S/C16H21NOS/c1-3-10-17-11-13(15(4-2)16(17)18)12-19-14-8-6-5-7-9-14/h3,5-9,13,15H,1,4,10-12H2,2H3/t13-,15-/m0/s1. The molecule has 2 rings (SSSR count). The first kappa shape index (κ1) is 14.2. The molecular formula is C16H21NOS. The quantitative estimate of drug-likeness (QED) is 0.585. The number of carbonyl (C=O) groups is 1. The van der Waals surface area contributed by atoms with E-state index in [0.29, 0.717) is 18.4 Å². The van der Waals surface area contributed by atoms with Gasteiger partial charge in [0.2, 0.25) is 5.91 Å². The highest BCUT2D eigenvalue weighted by molar-refractivity contribution is 7.99. The lowest BCUT2D eigenvalue weighted by atomic mass is 9.95. The summed E-state index contributed by atoms with van der Waals surface area (Å²) in [6.45, 7) is 7.40. The summed E-state index contributed by atoms with van der Waals surface area (Å²) >= 11 is 1.85. The zero-order chi connectivity index (χ0) is 13.7. The average Bonchev–Trinajstić information content (AvgIpc) is 2.74. The summed E-state index contributed by atoms with van der Waals surface area (Å²) in [7, 11) is 0. The highest BCUT2D eigenvalue weighted by atomic mass is 32.2. The molecule has 102 valence electrons. The second-order valence-electron chi connectivity index (χ2n) is 4.93. The molecule has 3 heteroatoms. The summed E-state index contributed by atoms with van der Waals surface area (Å²) in [5.41, 5.74) is 0. The molecular weight excluding hydrogens is 254 g/mol. The minimum Gasteiger partial charge on any atom is -0.338 e. The molecule has 1 aromatic rings. The number of amides is 1. The molecule has 1 aliphatic rings. The summed E-state index contributed by atoms with van der Waals surface area (Å²) < 4.78 is 0. The fourth-order valence-corrected chi connectivity index (χ4v) is 3.75. The Morgan fingerprint density at radius 3 is 2.79 bits per heavy atom. The first-order chi connectivity index (χ1) is 9.26. The van der Waals surface area contributed by atoms with Crippen LogP contribution in [0, 0.1) is 11.8 Å². The van der Waals surface area contributed by atoms with Crippen LogP contribution in [-0.4, -0.2) is 29.6 Å². The minimum absolute atomic E-state index is 0.191. The van der Waals surface area contributed by atoms with E-state index >= 15 is 0 Å². The number of nitrogens with zero attached hydrogens (tertiary/aromatic N) is 1. The summed E-state index contributed by atoms with van der Waals surface area (Å²) in [5.74, 6) is 1.97. The van der Waals surface area contributed by atoms with E-state index in [1.807, 2.05) is 28.8 Å². The van der Waals surface area contributed by atoms with Gasteiger partial charge in [0.1, 0.15) is 0 Å². The molecule has 1 saturated heterocycles. The first-order valence-electron chi connectivity index (χ1n) is 6.83. The Balaban J connectivity index is 1.95. The lowest BCUT2D eigenvalue weighted by Crippen LogP contribution is -2.27. The molecule has 0 N–H and O–H groups in total. The third kappa shape index (κ3) is 3.41. The predicted molar refractivity (Wildman–Crippen MR) is 81.2 cm³/mol. The van der Waals surface area contributed by atoms with Crippen LogP contribution in [0.2, 0.25) is 0 Å². The van der Waals surface area contributed by atoms with Gasteiger partial charge in [-0.15, -0.1) is 18.3 Å². The second kappa shape index (κ2) is 6.80. The molecule has 1 heterocycles. The number of hydrogen-bond acceptors (Lipinski definition) is 2. The third-order valence-electron chi connectivity index (χ3n) is 3.65. The lowest BCUT2D eigenvalue weighted by Gasteiger charge is -2.14. The van der Waals surface area contributed by atoms with Gasteiger partial charge in [-0.25, -0.2) is 0 Å². The van der Waals surface area contributed by atoms with Gasteiger partial charge in [-0.2, -0.15) is 0 Å². The van der Waals surface area contributed by atoms with Gasteiger partial charge in [0, 0.05) is 29.7 Å². The van der Waals surface area contributed by atoms with Crippen molar-refractivity contribution in [2.24, 2.45) is 11.8 Å². The van der Waals surface area contributed by atoms with Crippen LogP contribution < -0.4 is 0 Å². The van der Waals surface area contributed by atoms with E-state index < -0.39 is 0 Å². The SMILES string of the molecule is C=CCN1C[C@@H](CSc2ccccc2)[C@H](CC)C1=O. The van der Waals surface area contributed by atoms with Gasteiger partial charge < -0.3 is 4.90 Å². The molecule has 0 spiro atoms. The van der Waals surface area contributed by atoms with Crippen LogP contribution in [-0.2, 0) is 4.79 Å². The zero-order valence-electron chi connectivity index (χ0n) is 11.4. The number of likely N-dealkylation sites (tertiary alicyclic amines) is 1. The van der Waals surface area contributed by atoms with Gasteiger partial charge in [-0.05, 0) is 24.5 Å². The van der Waals surface area contributed by atoms with E-state index in [2.05, 4.69) is 37.8 Å². The van der Waals surface area contributed by atoms with Crippen molar-refractivity contribution < 1.29 is 4.79 Å². The molecule has 0 unspecified atom stereocenters. The fraction of sp³-hybridized carbons (Fsp3) is 0.438. The van der Waals surface area contributed by atoms with E-state index in [1.165, 1.54) is 4.90 Å². The number of hydrogen-bond donors (Lipinski definition) is 0. The maximum atomic E-state index is 12.2. The molecule has 0 saturated carbocycles. The Labute approximate surface area is 119 Å². The normalized spacial score (nSPS) is 22.8. The van der Waals surface area contributed by atoms with Crippen molar-refractivity contribution in [1.82, 2.24) is 4.90 Å². The highest BCUT2D eigenvalue weighted by Crippen LogP contribution is 2.32. The lowest BCUT2D eigenvalue weighted by molar-refractivity contribution is -0.130. The maximum Gasteiger partial charge on any atom is 0.226 e. The Hall–Kier alpha value is -1.22. The molecule has 2 nitrogen and oxygen atoms in total. The zero-order valence-corrected chi connectivity index (χ0v) is 12.2. The average molecular weight is 275 g/mol. The molecule has 0 radical (unpaired) electrons. The summed E-state index contributed by atoms with van der Waals surface area (Å²) in [5, 5.41) is 0. The van der Waals surface area contributed by atoms with Crippen molar-refractivity contribution in [2.45, 2.75) is 18.2 Å². The van der Waals surface area contributed by atoms with Crippen molar-refractivity contribution in [3.05, 3.63) is 43.0 Å². The summed E-state index contributed by atoms with van der Waals surface area (Å²) in [6, 6.07) is 10.4. The molecule has 0 bridgehead atoms. The van der Waals surface area contributed by atoms with E-state index in [1.54, 1.807) is 0 Å². The molecule has 1 aliphatic heterocycles. The van der Waals surface area contributed by atoms with Gasteiger partial charge in [0.05, 0.1) is 0 Å². The number of thioether (sulfide) groups is 1. The Kier molecular flexibility index (Phi) is 5.08. The van der Waals surface area contributed by atoms with E-state index in [0.717, 1.165) is 18.7 Å². The van der Waals surface area contributed by atoms with Gasteiger partial charge in [0.15, 0.2) is 0 Å². The second-order valence-corrected chi connectivity index (χ2v) is 6.02. The predicted octanol–water partition coefficient (Wildman–Crippen LogP) is 3.45. The van der Waals surface area contributed by atoms with Crippen LogP contribution in [0.4, 0.5) is 0 Å². The van der Waals surface area contributed by atoms with Crippen molar-refractivity contribution in [1.29, 1.82) is 0 Å². The van der Waals surface area contributed by atoms with Crippen LogP contribution in [0.1, 0.15) is 13.3 Å². The van der Waals surface area contributed by atoms with E-state index in [4.69, 9.17) is 0 Å². The molecule has 19 heavy (non-hydrogen) atoms. The van der Waals surface area contributed by atoms with Crippen molar-refractivity contribution in [2.75, 3.05) is 18.8 Å². The number of carbonyl (C=O) groups excluding carboxylic acids is 1. The van der Waals surface area contributed by atoms with Gasteiger partial charge in [-0.3, -0.25) is 4.79 Å². The Morgan fingerprint density at radius 1 is 1.42 bits per heavy atom. The largest absolute Gasteiger partial charge is 0.338 e. The van der Waals surface area contributed by atoms with Gasteiger partial charge >= 0.3 is 0 Å². The van der Waals surface area contributed by atoms with Crippen LogP contribution in [0.5, 0.6) is 0 Å². The third-order valence-corrected chi connectivity index (χ3v) is 4.85. The van der Waals surface area contributed by atoms with Gasteiger partial charge in [0.25, 0.3) is 0 Å². The van der Waals surface area contributed by atoms with E-state index in [9.17, 15) is 4.79 Å². The Bertz CT molecular complexity index is 432. The van der Waals surface area contributed by atoms with Gasteiger partial charge in [-0.1, -0.05) is 31.2 Å². The fourth-order valence-electron chi connectivity index (χ4n) is 2.65. The van der Waals surface area contributed by atoms with Crippen LogP contribution in [0.3, 0.4) is 0 Å². The minimum atomic E-state index is 0.191. The van der Waals surface area contributed by atoms with Crippen LogP contribution >= 0.6 is 11.8 Å². The topological polar surface area (TPSA) is 20.3 Å². The number of rotatable bonds is 6. The number of benzene rings is 1. The van der Waals surface area contributed by atoms with Crippen molar-refractivity contribution in [3.8, 4) is 0 Å². The Morgan fingerprint density at radius 2 is 2.16 bits per heavy atom. The van der Waals surface area contributed by atoms with Crippen LogP contribution in [0.25, 0.3) is 0 Å². The molecule has 1 aromatic carbocycles. The molecule has 1 fully saturated rings. The monoisotopic (exact) mass is 275 g/mol. The molecule has 2 atom stereocenters. The van der Waals surface area contributed by atoms with Crippen LogP contribution in [0.15, 0.2) is 47.9 Å². The molecule has 0 aliphatic carbocycles. The summed E-state index contributed by atoms with van der Waals surface area (Å²) in [6.07, 6.45) is 2.75. The van der Waals surface area contributed by atoms with Crippen molar-refractivity contribution in [3.63, 3.8) is 0 Å². The maximum absolute atomic E-state index is 12.2. The van der Waals surface area contributed by atoms with E-state index in [-0.39, 0.29) is 5.92 Å². The first-order valence-corrected chi connectivity index (χ1v) is 7.82. The summed E-state index contributed by atoms with van der Waals surface area (Å²) in [4.78, 5) is 15.4. The molecule has 1 amide bonds. The molecule has 0 aromatic heterocycles. The highest BCUT2D eigenvalue weighted by Gasteiger charge is 2.38. The van der Waals surface area contributed by atoms with Crippen molar-refractivity contribution >= 4 is 17.7 Å². The smallest absolute Gasteiger partial charge is 0.226 e.